The van der Waals surface area contributed by atoms with Crippen LogP contribution in [0.3, 0.4) is 0 Å². The van der Waals surface area contributed by atoms with Crippen LogP contribution in [0.1, 0.15) is 12.8 Å². The van der Waals surface area contributed by atoms with Crippen LogP contribution < -0.4 is 0 Å². The Bertz CT molecular complexity index is 362. The van der Waals surface area contributed by atoms with E-state index in [0.29, 0.717) is 0 Å². The van der Waals surface area contributed by atoms with Crippen molar-refractivity contribution >= 4 is 0 Å². The quantitative estimate of drug-likeness (QED) is 0.373. The number of ether oxygens (including phenoxy) is 1. The molecule has 1 fully saturated rings. The average Bonchev–Trinajstić information content (AvgIpc) is 2.23. The highest BCUT2D eigenvalue weighted by molar-refractivity contribution is 5.17. The molecule has 2 aliphatic rings. The molecule has 0 spiro atoms. The number of nitrogens with zero attached hydrogens (tertiary/aromatic N) is 2. The Labute approximate surface area is 85.9 Å². The fraction of sp³-hybridized carbons (Fsp3) is 0.667. The zero-order valence-corrected chi connectivity index (χ0v) is 7.87. The fourth-order valence-corrected chi connectivity index (χ4v) is 2.08. The minimum absolute atomic E-state index is 0.0518. The first-order chi connectivity index (χ1) is 7.07. The van der Waals surface area contributed by atoms with Gasteiger partial charge in [-0.3, -0.25) is 10.1 Å². The number of hydrogen-bond acceptors (Lipinski definition) is 5. The highest BCUT2D eigenvalue weighted by atomic mass is 16.6. The lowest BCUT2D eigenvalue weighted by molar-refractivity contribution is -0.567. The molecule has 4 atom stereocenters. The molecule has 2 bridgehead atoms. The predicted molar refractivity (Wildman–Crippen MR) is 48.4 cm³/mol. The van der Waals surface area contributed by atoms with Crippen LogP contribution in [0, 0.1) is 21.4 Å². The van der Waals surface area contributed by atoms with Gasteiger partial charge in [-0.2, -0.15) is 5.26 Å². The molecule has 1 heterocycles. The Balaban J connectivity index is 2.35. The van der Waals surface area contributed by atoms with E-state index in [9.17, 15) is 15.2 Å². The largest absolute Gasteiger partial charge is 0.386 e. The highest BCUT2D eigenvalue weighted by Gasteiger charge is 2.53. The van der Waals surface area contributed by atoms with Crippen molar-refractivity contribution in [2.24, 2.45) is 0 Å². The summed E-state index contributed by atoms with van der Waals surface area (Å²) in [5, 5.41) is 29.2. The second kappa shape index (κ2) is 3.29. The zero-order chi connectivity index (χ0) is 11.1. The molecule has 0 saturated carbocycles. The van der Waals surface area contributed by atoms with Gasteiger partial charge in [0.25, 0.3) is 0 Å². The van der Waals surface area contributed by atoms with Crippen molar-refractivity contribution in [3.63, 3.8) is 0 Å². The summed E-state index contributed by atoms with van der Waals surface area (Å²) in [5.41, 5.74) is -1.23. The summed E-state index contributed by atoms with van der Waals surface area (Å²) in [6.07, 6.45) is 0.652. The summed E-state index contributed by atoms with van der Waals surface area (Å²) in [7, 11) is 0. The maximum absolute atomic E-state index is 11.0. The van der Waals surface area contributed by atoms with Crippen LogP contribution in [0.4, 0.5) is 0 Å². The van der Waals surface area contributed by atoms with Crippen molar-refractivity contribution in [3.8, 4) is 6.07 Å². The summed E-state index contributed by atoms with van der Waals surface area (Å²) >= 11 is 0. The van der Waals surface area contributed by atoms with Gasteiger partial charge < -0.3 is 9.84 Å². The standard InChI is InChI=1S/C9H10N2O4/c10-5-6-3-9(11(13)14)2-1-7(12)8(4-9)15-6/h1-2,6-8,12H,3-4H2/t6-,7+,8+,9-/m0/s1. The Morgan fingerprint density at radius 3 is 3.00 bits per heavy atom. The molecular weight excluding hydrogens is 200 g/mol. The number of nitro groups is 1. The number of rotatable bonds is 1. The Hall–Kier alpha value is -1.45. The molecule has 6 nitrogen and oxygen atoms in total. The van der Waals surface area contributed by atoms with Gasteiger partial charge in [-0.15, -0.1) is 0 Å². The lowest BCUT2D eigenvalue weighted by atomic mass is 9.78. The van der Waals surface area contributed by atoms with E-state index in [0.717, 1.165) is 0 Å². The molecular formula is C9H10N2O4. The molecule has 0 amide bonds. The van der Waals surface area contributed by atoms with Crippen molar-refractivity contribution in [2.75, 3.05) is 0 Å². The van der Waals surface area contributed by atoms with E-state index in [2.05, 4.69) is 0 Å². The van der Waals surface area contributed by atoms with E-state index < -0.39 is 28.8 Å². The van der Waals surface area contributed by atoms with Crippen LogP contribution in [0.25, 0.3) is 0 Å². The minimum Gasteiger partial charge on any atom is -0.386 e. The molecule has 1 aliphatic carbocycles. The van der Waals surface area contributed by atoms with E-state index in [1.807, 2.05) is 6.07 Å². The van der Waals surface area contributed by atoms with Gasteiger partial charge >= 0.3 is 0 Å². The lowest BCUT2D eigenvalue weighted by Crippen LogP contribution is -2.54. The van der Waals surface area contributed by atoms with Crippen LogP contribution in [-0.4, -0.2) is 33.9 Å². The van der Waals surface area contributed by atoms with E-state index in [1.165, 1.54) is 12.2 Å². The molecule has 80 valence electrons. The second-order valence-corrected chi connectivity index (χ2v) is 3.91. The first-order valence-electron chi connectivity index (χ1n) is 4.64. The molecule has 2 rings (SSSR count). The first-order valence-corrected chi connectivity index (χ1v) is 4.64. The molecule has 1 saturated heterocycles. The molecule has 1 aliphatic heterocycles. The third-order valence-electron chi connectivity index (χ3n) is 2.92. The molecule has 0 aromatic carbocycles. The number of hydrogen-bond donors (Lipinski definition) is 1. The highest BCUT2D eigenvalue weighted by Crippen LogP contribution is 2.37. The Kier molecular flexibility index (Phi) is 2.21. The van der Waals surface area contributed by atoms with Gasteiger partial charge in [-0.05, 0) is 6.08 Å². The van der Waals surface area contributed by atoms with E-state index in [1.54, 1.807) is 0 Å². The summed E-state index contributed by atoms with van der Waals surface area (Å²) in [6, 6.07) is 1.86. The summed E-state index contributed by atoms with van der Waals surface area (Å²) in [4.78, 5) is 10.6. The normalized spacial score (nSPS) is 43.3. The number of nitriles is 1. The van der Waals surface area contributed by atoms with Gasteiger partial charge in [-0.1, -0.05) is 6.08 Å². The van der Waals surface area contributed by atoms with Crippen molar-refractivity contribution in [3.05, 3.63) is 22.3 Å². The SMILES string of the molecule is N#C[C@@H]1C[C@@]2([N+](=O)[O-])C=C[C@@H](O)[C@@H](C2)O1. The smallest absolute Gasteiger partial charge is 0.246 e. The molecule has 15 heavy (non-hydrogen) atoms. The van der Waals surface area contributed by atoms with Gasteiger partial charge in [0.2, 0.25) is 5.54 Å². The van der Waals surface area contributed by atoms with Gasteiger partial charge in [0.15, 0.2) is 6.10 Å². The van der Waals surface area contributed by atoms with Gasteiger partial charge in [0.1, 0.15) is 0 Å². The third-order valence-corrected chi connectivity index (χ3v) is 2.92. The maximum Gasteiger partial charge on any atom is 0.246 e. The first kappa shape index (κ1) is 10.1. The molecule has 0 aromatic heterocycles. The minimum atomic E-state index is -1.23. The summed E-state index contributed by atoms with van der Waals surface area (Å²) < 4.78 is 5.23. The molecule has 0 radical (unpaired) electrons. The van der Waals surface area contributed by atoms with Crippen LogP contribution >= 0.6 is 0 Å². The number of fused-ring (bicyclic) bond motifs is 2. The van der Waals surface area contributed by atoms with E-state index in [4.69, 9.17) is 10.00 Å². The Morgan fingerprint density at radius 2 is 2.40 bits per heavy atom. The predicted octanol–water partition coefficient (Wildman–Crippen LogP) is 0.00378. The maximum atomic E-state index is 11.0. The van der Waals surface area contributed by atoms with Crippen LogP contribution in [0.5, 0.6) is 0 Å². The zero-order valence-electron chi connectivity index (χ0n) is 7.87. The molecule has 0 unspecified atom stereocenters. The molecule has 6 heteroatoms. The summed E-state index contributed by atoms with van der Waals surface area (Å²) in [6.45, 7) is 0. The third kappa shape index (κ3) is 1.50. The van der Waals surface area contributed by atoms with Crippen molar-refractivity contribution < 1.29 is 14.8 Å². The van der Waals surface area contributed by atoms with Crippen LogP contribution in [0.15, 0.2) is 12.2 Å². The molecule has 0 aromatic rings. The van der Waals surface area contributed by atoms with Crippen molar-refractivity contribution in [2.45, 2.75) is 36.7 Å². The topological polar surface area (TPSA) is 96.4 Å². The van der Waals surface area contributed by atoms with Crippen molar-refractivity contribution in [1.29, 1.82) is 5.26 Å². The molecule has 1 N–H and O–H groups in total. The van der Waals surface area contributed by atoms with Gasteiger partial charge in [0.05, 0.1) is 31.1 Å². The van der Waals surface area contributed by atoms with E-state index in [-0.39, 0.29) is 12.8 Å². The second-order valence-electron chi connectivity index (χ2n) is 3.91. The Morgan fingerprint density at radius 1 is 1.67 bits per heavy atom. The monoisotopic (exact) mass is 210 g/mol. The van der Waals surface area contributed by atoms with E-state index >= 15 is 0 Å². The number of aliphatic hydroxyl groups is 1. The van der Waals surface area contributed by atoms with Crippen molar-refractivity contribution in [1.82, 2.24) is 0 Å². The van der Waals surface area contributed by atoms with Crippen LogP contribution in [0.2, 0.25) is 0 Å². The van der Waals surface area contributed by atoms with Gasteiger partial charge in [0, 0.05) is 4.92 Å². The van der Waals surface area contributed by atoms with Crippen LogP contribution in [-0.2, 0) is 4.74 Å². The fourth-order valence-electron chi connectivity index (χ4n) is 2.08. The summed E-state index contributed by atoms with van der Waals surface area (Å²) in [5.74, 6) is 0. The van der Waals surface area contributed by atoms with Gasteiger partial charge in [-0.25, -0.2) is 0 Å². The number of aliphatic hydroxyl groups excluding tert-OH is 1. The lowest BCUT2D eigenvalue weighted by Gasteiger charge is -2.39. The average molecular weight is 210 g/mol.